The second-order valence-electron chi connectivity index (χ2n) is 6.58. The van der Waals surface area contributed by atoms with Gasteiger partial charge in [-0.2, -0.15) is 0 Å². The SMILES string of the molecule is Cc1nnc(SCC(=O)NC(=O)c2ccc(C(C)(C)C)cc2)n1C. The molecule has 0 saturated carbocycles. The van der Waals surface area contributed by atoms with E-state index < -0.39 is 5.91 Å². The summed E-state index contributed by atoms with van der Waals surface area (Å²) in [5, 5.41) is 10.9. The van der Waals surface area contributed by atoms with Crippen LogP contribution in [-0.2, 0) is 17.3 Å². The predicted octanol–water partition coefficient (Wildman–Crippen LogP) is 2.47. The summed E-state index contributed by atoms with van der Waals surface area (Å²) in [5.41, 5.74) is 1.63. The Kier molecular flexibility index (Phi) is 5.43. The molecular weight excluding hydrogens is 324 g/mol. The van der Waals surface area contributed by atoms with E-state index in [0.717, 1.165) is 11.4 Å². The molecule has 0 radical (unpaired) electrons. The molecule has 1 aromatic heterocycles. The fraction of sp³-hybridized carbons (Fsp3) is 0.412. The van der Waals surface area contributed by atoms with Gasteiger partial charge in [-0.15, -0.1) is 10.2 Å². The van der Waals surface area contributed by atoms with E-state index in [4.69, 9.17) is 0 Å². The molecule has 2 aromatic rings. The lowest BCUT2D eigenvalue weighted by Crippen LogP contribution is -2.32. The Bertz CT molecular complexity index is 745. The lowest BCUT2D eigenvalue weighted by Gasteiger charge is -2.18. The number of carbonyl (C=O) groups is 2. The third kappa shape index (κ3) is 4.44. The standard InChI is InChI=1S/C17H22N4O2S/c1-11-19-20-16(21(11)5)24-10-14(22)18-15(23)12-6-8-13(9-7-12)17(2,3)4/h6-9H,10H2,1-5H3,(H,18,22,23). The summed E-state index contributed by atoms with van der Waals surface area (Å²) in [4.78, 5) is 24.1. The summed E-state index contributed by atoms with van der Waals surface area (Å²) in [6, 6.07) is 7.30. The van der Waals surface area contributed by atoms with Gasteiger partial charge in [0.15, 0.2) is 5.16 Å². The third-order valence-corrected chi connectivity index (χ3v) is 4.67. The number of aryl methyl sites for hydroxylation is 1. The molecule has 0 aliphatic heterocycles. The largest absolute Gasteiger partial charge is 0.309 e. The maximum atomic E-state index is 12.1. The van der Waals surface area contributed by atoms with Crippen LogP contribution in [0, 0.1) is 6.92 Å². The van der Waals surface area contributed by atoms with Gasteiger partial charge >= 0.3 is 0 Å². The number of rotatable bonds is 4. The minimum Gasteiger partial charge on any atom is -0.309 e. The normalized spacial score (nSPS) is 11.4. The van der Waals surface area contributed by atoms with Crippen LogP contribution in [0.4, 0.5) is 0 Å². The van der Waals surface area contributed by atoms with Gasteiger partial charge in [0, 0.05) is 12.6 Å². The molecule has 0 spiro atoms. The van der Waals surface area contributed by atoms with Crippen molar-refractivity contribution in [2.75, 3.05) is 5.75 Å². The molecule has 24 heavy (non-hydrogen) atoms. The van der Waals surface area contributed by atoms with Crippen molar-refractivity contribution in [2.45, 2.75) is 38.3 Å². The number of hydrogen-bond donors (Lipinski definition) is 1. The molecule has 2 amide bonds. The van der Waals surface area contributed by atoms with Crippen molar-refractivity contribution in [3.63, 3.8) is 0 Å². The van der Waals surface area contributed by atoms with E-state index >= 15 is 0 Å². The first-order chi connectivity index (χ1) is 11.2. The Hall–Kier alpha value is -2.15. The number of imide groups is 1. The molecule has 1 aromatic carbocycles. The molecule has 0 bridgehead atoms. The smallest absolute Gasteiger partial charge is 0.257 e. The molecule has 1 N–H and O–H groups in total. The molecule has 0 aliphatic rings. The summed E-state index contributed by atoms with van der Waals surface area (Å²) >= 11 is 1.24. The second-order valence-corrected chi connectivity index (χ2v) is 7.52. The topological polar surface area (TPSA) is 76.9 Å². The molecule has 2 rings (SSSR count). The fourth-order valence-corrected chi connectivity index (χ4v) is 2.76. The predicted molar refractivity (Wildman–Crippen MR) is 94.1 cm³/mol. The minimum absolute atomic E-state index is 0.0235. The number of benzene rings is 1. The van der Waals surface area contributed by atoms with Crippen LogP contribution in [0.3, 0.4) is 0 Å². The van der Waals surface area contributed by atoms with Gasteiger partial charge in [0.25, 0.3) is 5.91 Å². The first-order valence-electron chi connectivity index (χ1n) is 7.62. The van der Waals surface area contributed by atoms with Crippen molar-refractivity contribution in [1.82, 2.24) is 20.1 Å². The van der Waals surface area contributed by atoms with Gasteiger partial charge in [0.05, 0.1) is 5.75 Å². The van der Waals surface area contributed by atoms with E-state index in [1.165, 1.54) is 11.8 Å². The van der Waals surface area contributed by atoms with Crippen molar-refractivity contribution >= 4 is 23.6 Å². The quantitative estimate of drug-likeness (QED) is 0.861. The molecule has 0 atom stereocenters. The van der Waals surface area contributed by atoms with Gasteiger partial charge in [-0.3, -0.25) is 14.9 Å². The first kappa shape index (κ1) is 18.2. The van der Waals surface area contributed by atoms with Gasteiger partial charge in [0.2, 0.25) is 5.91 Å². The van der Waals surface area contributed by atoms with E-state index in [1.807, 2.05) is 26.1 Å². The van der Waals surface area contributed by atoms with Crippen molar-refractivity contribution in [2.24, 2.45) is 7.05 Å². The van der Waals surface area contributed by atoms with Crippen LogP contribution in [0.2, 0.25) is 0 Å². The lowest BCUT2D eigenvalue weighted by molar-refractivity contribution is -0.117. The number of aromatic nitrogens is 3. The Morgan fingerprint density at radius 3 is 2.29 bits per heavy atom. The molecule has 6 nitrogen and oxygen atoms in total. The number of amides is 2. The number of nitrogens with one attached hydrogen (secondary N) is 1. The zero-order chi connectivity index (χ0) is 17.9. The number of hydrogen-bond acceptors (Lipinski definition) is 5. The van der Waals surface area contributed by atoms with Gasteiger partial charge in [0.1, 0.15) is 5.82 Å². The van der Waals surface area contributed by atoms with Crippen molar-refractivity contribution in [3.05, 3.63) is 41.2 Å². The molecular formula is C17H22N4O2S. The second kappa shape index (κ2) is 7.17. The van der Waals surface area contributed by atoms with E-state index in [9.17, 15) is 9.59 Å². The summed E-state index contributed by atoms with van der Waals surface area (Å²) in [5.74, 6) is 0.131. The highest BCUT2D eigenvalue weighted by Gasteiger charge is 2.16. The summed E-state index contributed by atoms with van der Waals surface area (Å²) in [6.07, 6.45) is 0. The summed E-state index contributed by atoms with van der Waals surface area (Å²) < 4.78 is 1.80. The molecule has 1 heterocycles. The third-order valence-electron chi connectivity index (χ3n) is 3.65. The number of carbonyl (C=O) groups excluding carboxylic acids is 2. The molecule has 7 heteroatoms. The molecule has 128 valence electrons. The summed E-state index contributed by atoms with van der Waals surface area (Å²) in [6.45, 7) is 8.16. The van der Waals surface area contributed by atoms with E-state index in [-0.39, 0.29) is 17.1 Å². The van der Waals surface area contributed by atoms with E-state index in [1.54, 1.807) is 16.7 Å². The zero-order valence-corrected chi connectivity index (χ0v) is 15.4. The highest BCUT2D eigenvalue weighted by atomic mass is 32.2. The van der Waals surface area contributed by atoms with Crippen LogP contribution >= 0.6 is 11.8 Å². The van der Waals surface area contributed by atoms with Crippen molar-refractivity contribution < 1.29 is 9.59 Å². The Balaban J connectivity index is 1.91. The minimum atomic E-state index is -0.393. The molecule has 0 aliphatic carbocycles. The van der Waals surface area contributed by atoms with Crippen LogP contribution < -0.4 is 5.32 Å². The molecule has 0 saturated heterocycles. The van der Waals surface area contributed by atoms with Crippen LogP contribution in [0.15, 0.2) is 29.4 Å². The Labute approximate surface area is 146 Å². The Morgan fingerprint density at radius 1 is 1.17 bits per heavy atom. The number of thioether (sulfide) groups is 1. The van der Waals surface area contributed by atoms with Gasteiger partial charge in [-0.25, -0.2) is 0 Å². The van der Waals surface area contributed by atoms with Crippen LogP contribution in [0.5, 0.6) is 0 Å². The average molecular weight is 346 g/mol. The molecule has 0 unspecified atom stereocenters. The average Bonchev–Trinajstić information content (AvgIpc) is 2.84. The van der Waals surface area contributed by atoms with Gasteiger partial charge < -0.3 is 4.57 Å². The maximum absolute atomic E-state index is 12.1. The monoisotopic (exact) mass is 346 g/mol. The van der Waals surface area contributed by atoms with Crippen LogP contribution in [0.25, 0.3) is 0 Å². The summed E-state index contributed by atoms with van der Waals surface area (Å²) in [7, 11) is 1.83. The maximum Gasteiger partial charge on any atom is 0.257 e. The van der Waals surface area contributed by atoms with Crippen LogP contribution in [-0.4, -0.2) is 32.3 Å². The first-order valence-corrected chi connectivity index (χ1v) is 8.60. The van der Waals surface area contributed by atoms with Crippen molar-refractivity contribution in [1.29, 1.82) is 0 Å². The zero-order valence-electron chi connectivity index (χ0n) is 14.6. The van der Waals surface area contributed by atoms with Gasteiger partial charge in [-0.05, 0) is 30.0 Å². The van der Waals surface area contributed by atoms with E-state index in [2.05, 4.69) is 36.3 Å². The highest BCUT2D eigenvalue weighted by Crippen LogP contribution is 2.22. The molecule has 0 fully saturated rings. The van der Waals surface area contributed by atoms with Crippen LogP contribution in [0.1, 0.15) is 42.5 Å². The van der Waals surface area contributed by atoms with E-state index in [0.29, 0.717) is 10.7 Å². The highest BCUT2D eigenvalue weighted by molar-refractivity contribution is 7.99. The van der Waals surface area contributed by atoms with Crippen molar-refractivity contribution in [3.8, 4) is 0 Å². The Morgan fingerprint density at radius 2 is 1.79 bits per heavy atom. The number of nitrogens with zero attached hydrogens (tertiary/aromatic N) is 3. The van der Waals surface area contributed by atoms with Gasteiger partial charge in [-0.1, -0.05) is 44.7 Å². The fourth-order valence-electron chi connectivity index (χ4n) is 2.00. The lowest BCUT2D eigenvalue weighted by atomic mass is 9.87.